The van der Waals surface area contributed by atoms with E-state index in [1.165, 1.54) is 42.5 Å². The third kappa shape index (κ3) is 11.4. The molecule has 0 N–H and O–H groups in total. The van der Waals surface area contributed by atoms with Crippen LogP contribution < -0.4 is 0 Å². The lowest BCUT2D eigenvalue weighted by molar-refractivity contribution is 0.600. The van der Waals surface area contributed by atoms with E-state index in [-0.39, 0.29) is 66.3 Å². The lowest BCUT2D eigenvalue weighted by atomic mass is 9.80. The summed E-state index contributed by atoms with van der Waals surface area (Å²) in [6.07, 6.45) is 4.69. The first-order valence-electron chi connectivity index (χ1n) is 44.7. The molecule has 0 spiro atoms. The summed E-state index contributed by atoms with van der Waals surface area (Å²) in [5, 5.41) is 3.35. The number of nitrogens with zero attached hydrogens (tertiary/aromatic N) is 4. The standard InChI is InChI=1S/C50H42N2.C41H34N2.2C2H6/c1-4-34(35-27-28-39-38-15-5-10-20-44(38)50(2,3)45(39)31-35)26-25-33-29-36(51-46-21-11-6-16-40(46)41-17-7-12-22-47(41)51)32-37(30-33)52-48-23-13-8-18-42(48)43-19-9-14-24-49(43)52;1-2-30(31-14-4-3-5-15-31)25-24-29-26-32(42-38-20-10-6-16-34(38)35-17-7-11-21-39(35)42)28-33(27-29)43-40-22-12-8-18-36(40)37-19-9-13-23-41(37)43;2*1-2/h5-24,27-32,34H,4,25-26H2,1-3H3;3-23,26-28,30H,2,24-25H2,1H3;2*1-2H3/i6D,7D,8D,9D,11D,12D,13D,14D,16D,17D,18D,19D,21D,22D,23D,24D;6D,7D,8D,9D;;. The Labute approximate surface area is 611 Å². The van der Waals surface area contributed by atoms with Crippen LogP contribution in [0.3, 0.4) is 0 Å². The number of fused-ring (bicyclic) bond motifs is 15. The summed E-state index contributed by atoms with van der Waals surface area (Å²) >= 11 is 0. The molecule has 4 nitrogen and oxygen atoms in total. The highest BCUT2D eigenvalue weighted by Crippen LogP contribution is 2.50. The van der Waals surface area contributed by atoms with Crippen molar-refractivity contribution in [2.45, 2.75) is 111 Å². The van der Waals surface area contributed by atoms with Crippen molar-refractivity contribution in [3.8, 4) is 33.9 Å². The van der Waals surface area contributed by atoms with Crippen molar-refractivity contribution >= 4 is 87.2 Å². The maximum absolute atomic E-state index is 9.23. The monoisotopic (exact) mass is 1300 g/mol. The summed E-state index contributed by atoms with van der Waals surface area (Å²) in [6, 6.07) is 53.6. The van der Waals surface area contributed by atoms with Crippen LogP contribution in [0.4, 0.5) is 0 Å². The third-order valence-corrected chi connectivity index (χ3v) is 19.8. The van der Waals surface area contributed by atoms with Gasteiger partial charge in [0.25, 0.3) is 0 Å². The molecular weight excluding hydrogens is 1200 g/mol. The predicted molar refractivity (Wildman–Crippen MR) is 426 cm³/mol. The largest absolute Gasteiger partial charge is 0.309 e. The van der Waals surface area contributed by atoms with E-state index in [1.54, 1.807) is 18.2 Å². The molecule has 488 valence electrons. The molecule has 18 rings (SSSR count). The van der Waals surface area contributed by atoms with Gasteiger partial charge in [-0.3, -0.25) is 0 Å². The van der Waals surface area contributed by atoms with Gasteiger partial charge in [0.2, 0.25) is 0 Å². The van der Waals surface area contributed by atoms with Gasteiger partial charge in [-0.1, -0.05) is 273 Å². The fourth-order valence-electron chi connectivity index (χ4n) is 15.2. The Bertz CT molecular complexity index is 6410. The second-order valence-electron chi connectivity index (χ2n) is 25.4. The van der Waals surface area contributed by atoms with Gasteiger partial charge >= 0.3 is 0 Å². The van der Waals surface area contributed by atoms with Gasteiger partial charge in [0.05, 0.1) is 71.5 Å². The van der Waals surface area contributed by atoms with Crippen LogP contribution in [0.2, 0.25) is 0 Å². The predicted octanol–water partition coefficient (Wildman–Crippen LogP) is 26.4. The molecule has 0 radical (unpaired) electrons. The minimum Gasteiger partial charge on any atom is -0.309 e. The second kappa shape index (κ2) is 27.5. The van der Waals surface area contributed by atoms with Crippen molar-refractivity contribution in [3.05, 3.63) is 336 Å². The summed E-state index contributed by atoms with van der Waals surface area (Å²) in [4.78, 5) is 0. The van der Waals surface area contributed by atoms with Crippen LogP contribution in [-0.2, 0) is 18.3 Å². The first-order valence-corrected chi connectivity index (χ1v) is 34.7. The number of aryl methyl sites for hydroxylation is 2. The molecule has 1 aliphatic rings. The first kappa shape index (κ1) is 44.8. The average Bonchev–Trinajstić information content (AvgIpc) is 1.54. The highest BCUT2D eigenvalue weighted by molar-refractivity contribution is 6.12. The van der Waals surface area contributed by atoms with Crippen LogP contribution in [0.25, 0.3) is 121 Å². The van der Waals surface area contributed by atoms with E-state index in [0.29, 0.717) is 48.5 Å². The van der Waals surface area contributed by atoms with Gasteiger partial charge in [0.15, 0.2) is 0 Å². The number of para-hydroxylation sites is 8. The van der Waals surface area contributed by atoms with Crippen LogP contribution in [-0.4, -0.2) is 18.3 Å². The smallest absolute Gasteiger partial charge is 0.0645 e. The van der Waals surface area contributed by atoms with Crippen molar-refractivity contribution in [2.24, 2.45) is 0 Å². The third-order valence-electron chi connectivity index (χ3n) is 19.8. The zero-order valence-electron chi connectivity index (χ0n) is 77.0. The van der Waals surface area contributed by atoms with Crippen LogP contribution in [0, 0.1) is 0 Å². The molecule has 13 aromatic carbocycles. The molecule has 4 aromatic heterocycles. The highest BCUT2D eigenvalue weighted by atomic mass is 15.0. The fourth-order valence-corrected chi connectivity index (χ4v) is 15.2. The van der Waals surface area contributed by atoms with Crippen molar-refractivity contribution in [2.75, 3.05) is 0 Å². The van der Waals surface area contributed by atoms with Gasteiger partial charge in [0, 0.05) is 71.3 Å². The Morgan fingerprint density at radius 2 is 0.646 bits per heavy atom. The van der Waals surface area contributed by atoms with E-state index >= 15 is 0 Å². The molecule has 0 amide bonds. The van der Waals surface area contributed by atoms with E-state index in [4.69, 9.17) is 21.9 Å². The highest BCUT2D eigenvalue weighted by Gasteiger charge is 2.35. The van der Waals surface area contributed by atoms with Crippen LogP contribution in [0.1, 0.15) is 154 Å². The SMILES string of the molecule is CC.CC.[2H]c1c([2H])c([2H])c2c(c1[2H])c1c([2H])c([2H])c([2H])c([2H])c1n2-c1cc(CCC(CC)c2ccc3c(c2)C(C)(C)c2ccccc2-3)cc(-n2c3c([2H])c([2H])c([2H])c([2H])c3c3c([2H])c([2H])c([2H])c([2H])c32)c1.[2H]c1ccc2c(c1)c1cc([2H])ccc1n2-c1cc(CCC(CC)c2ccccc2)cc(-n2c3ccc([2H])cc3c3cc([2H])ccc32)c1. The molecular formula is C95H88N4. The van der Waals surface area contributed by atoms with Crippen molar-refractivity contribution < 1.29 is 27.4 Å². The number of hydrogen-bond acceptors (Lipinski definition) is 0. The topological polar surface area (TPSA) is 19.7 Å². The molecule has 4 heteroatoms. The summed E-state index contributed by atoms with van der Waals surface area (Å²) in [6.45, 7) is 16.8. The Hall–Kier alpha value is -10.9. The van der Waals surface area contributed by atoms with Crippen LogP contribution >= 0.6 is 0 Å². The molecule has 0 saturated heterocycles. The van der Waals surface area contributed by atoms with Gasteiger partial charge in [0.1, 0.15) is 0 Å². The first-order chi connectivity index (χ1) is 57.0. The van der Waals surface area contributed by atoms with E-state index < -0.39 is 96.7 Å². The molecule has 0 fully saturated rings. The van der Waals surface area contributed by atoms with E-state index in [9.17, 15) is 5.48 Å². The van der Waals surface area contributed by atoms with Crippen LogP contribution in [0.15, 0.2) is 303 Å². The van der Waals surface area contributed by atoms with Gasteiger partial charge in [-0.25, -0.2) is 0 Å². The van der Waals surface area contributed by atoms with E-state index in [2.05, 4.69) is 122 Å². The van der Waals surface area contributed by atoms with E-state index in [0.717, 1.165) is 86.2 Å². The van der Waals surface area contributed by atoms with Crippen molar-refractivity contribution in [3.63, 3.8) is 0 Å². The van der Waals surface area contributed by atoms with Gasteiger partial charge in [-0.15, -0.1) is 0 Å². The maximum atomic E-state index is 9.23. The number of rotatable bonds is 14. The molecule has 2 atom stereocenters. The minimum atomic E-state index is -0.598. The van der Waals surface area contributed by atoms with Gasteiger partial charge in [-0.2, -0.15) is 0 Å². The Morgan fingerprint density at radius 3 is 1.04 bits per heavy atom. The molecule has 0 saturated carbocycles. The summed E-state index contributed by atoms with van der Waals surface area (Å²) in [5.74, 6) is 0.480. The van der Waals surface area contributed by atoms with Crippen molar-refractivity contribution in [1.82, 2.24) is 18.3 Å². The summed E-state index contributed by atoms with van der Waals surface area (Å²) in [7, 11) is 0. The molecule has 0 bridgehead atoms. The minimum absolute atomic E-state index is 0.0339. The second-order valence-corrected chi connectivity index (χ2v) is 25.4. The average molecular weight is 1310 g/mol. The Balaban J connectivity index is 0.000000189. The number of hydrogen-bond donors (Lipinski definition) is 0. The zero-order chi connectivity index (χ0) is 85.1. The Morgan fingerprint density at radius 1 is 0.303 bits per heavy atom. The molecule has 4 heterocycles. The van der Waals surface area contributed by atoms with Gasteiger partial charge < -0.3 is 18.3 Å². The van der Waals surface area contributed by atoms with Crippen LogP contribution in [0.5, 0.6) is 0 Å². The molecule has 2 unspecified atom stereocenters. The maximum Gasteiger partial charge on any atom is 0.0645 e. The fraction of sp³-hybridized carbons (Fsp3) is 0.179. The zero-order valence-corrected chi connectivity index (χ0v) is 57.0. The number of aromatic nitrogens is 4. The van der Waals surface area contributed by atoms with Crippen molar-refractivity contribution in [1.29, 1.82) is 0 Å². The summed E-state index contributed by atoms with van der Waals surface area (Å²) < 4.78 is 183. The molecule has 0 aliphatic heterocycles. The Kier molecular flexibility index (Phi) is 12.5. The normalized spacial score (nSPS) is 15.7. The number of benzene rings is 13. The van der Waals surface area contributed by atoms with E-state index in [1.807, 2.05) is 107 Å². The van der Waals surface area contributed by atoms with Gasteiger partial charge in [-0.05, 0) is 180 Å². The lowest BCUT2D eigenvalue weighted by Crippen LogP contribution is -2.15. The molecule has 17 aromatic rings. The molecule has 1 aliphatic carbocycles. The molecule has 99 heavy (non-hydrogen) atoms. The quantitative estimate of drug-likeness (QED) is 0.103. The summed E-state index contributed by atoms with van der Waals surface area (Å²) in [5.41, 5.74) is 14.9. The lowest BCUT2D eigenvalue weighted by Gasteiger charge is -2.24.